The molecule has 3 aromatic rings. The molecule has 44 heavy (non-hydrogen) atoms. The Bertz CT molecular complexity index is 1740. The fourth-order valence-electron chi connectivity index (χ4n) is 7.85. The monoisotopic (exact) mass is 690 g/mol. The lowest BCUT2D eigenvalue weighted by atomic mass is 9.68. The van der Waals surface area contributed by atoms with Gasteiger partial charge in [0.25, 0.3) is 0 Å². The van der Waals surface area contributed by atoms with E-state index in [1.54, 1.807) is 42.3 Å². The number of methoxy groups -OCH3 is 1. The number of thiazole rings is 1. The van der Waals surface area contributed by atoms with Crippen LogP contribution in [-0.2, 0) is 21.0 Å². The lowest BCUT2D eigenvalue weighted by Crippen LogP contribution is -2.42. The van der Waals surface area contributed by atoms with Crippen LogP contribution in [0.5, 0.6) is 11.5 Å². The lowest BCUT2D eigenvalue weighted by molar-refractivity contribution is -0.142. The number of carboxylic acid groups (broad SMARTS) is 1. The number of thioether (sulfide) groups is 1. The number of carboxylic acids is 1. The Morgan fingerprint density at radius 3 is 2.61 bits per heavy atom. The summed E-state index contributed by atoms with van der Waals surface area (Å²) in [5, 5.41) is 11.3. The topological polar surface area (TPSA) is 109 Å². The van der Waals surface area contributed by atoms with E-state index in [0.717, 1.165) is 27.5 Å². The molecular formula is C31H28Cl2N2O6S3. The number of aromatic nitrogens is 1. The SMILES string of the molecule is COc1cc(C2c3sc(=S)[nH]c3SC3C4CC(C5C(=O)N(CCCC(=O)O)C(=O)C45)C23)ccc1OCc1ccc(Cl)cc1Cl. The van der Waals surface area contributed by atoms with E-state index in [-0.39, 0.29) is 78.6 Å². The number of ether oxygens (including phenoxy) is 2. The van der Waals surface area contributed by atoms with Crippen LogP contribution in [0, 0.1) is 33.5 Å². The van der Waals surface area contributed by atoms with E-state index >= 15 is 0 Å². The van der Waals surface area contributed by atoms with Gasteiger partial charge in [0.1, 0.15) is 6.61 Å². The first kappa shape index (κ1) is 30.1. The van der Waals surface area contributed by atoms with Crippen LogP contribution in [0.1, 0.15) is 41.2 Å². The molecule has 2 aliphatic heterocycles. The summed E-state index contributed by atoms with van der Waals surface area (Å²) in [6.07, 6.45) is 1.01. The van der Waals surface area contributed by atoms with Gasteiger partial charge in [-0.25, -0.2) is 0 Å². The molecule has 2 saturated carbocycles. The van der Waals surface area contributed by atoms with Crippen LogP contribution in [0.15, 0.2) is 41.4 Å². The van der Waals surface area contributed by atoms with Crippen LogP contribution in [0.25, 0.3) is 0 Å². The Hall–Kier alpha value is -2.57. The largest absolute Gasteiger partial charge is 0.493 e. The number of fused-ring (bicyclic) bond motifs is 9. The number of nitrogens with one attached hydrogen (secondary N) is 1. The minimum atomic E-state index is -0.932. The predicted molar refractivity (Wildman–Crippen MR) is 170 cm³/mol. The van der Waals surface area contributed by atoms with Gasteiger partial charge in [-0.3, -0.25) is 19.3 Å². The van der Waals surface area contributed by atoms with Crippen molar-refractivity contribution in [2.24, 2.45) is 29.6 Å². The summed E-state index contributed by atoms with van der Waals surface area (Å²) in [5.41, 5.74) is 1.84. The highest BCUT2D eigenvalue weighted by molar-refractivity contribution is 8.00. The molecule has 7 rings (SSSR count). The molecule has 2 aromatic carbocycles. The molecule has 7 atom stereocenters. The fraction of sp³-hybridized carbons (Fsp3) is 0.419. The maximum atomic E-state index is 13.7. The van der Waals surface area contributed by atoms with Crippen molar-refractivity contribution in [1.82, 2.24) is 9.88 Å². The third-order valence-electron chi connectivity index (χ3n) is 9.53. The minimum absolute atomic E-state index is 0.0335. The zero-order chi connectivity index (χ0) is 30.9. The number of H-pyrrole nitrogens is 1. The predicted octanol–water partition coefficient (Wildman–Crippen LogP) is 7.04. The lowest BCUT2D eigenvalue weighted by Gasteiger charge is -2.43. The highest BCUT2D eigenvalue weighted by atomic mass is 35.5. The van der Waals surface area contributed by atoms with Gasteiger partial charge in [0.2, 0.25) is 11.8 Å². The number of aromatic amines is 1. The van der Waals surface area contributed by atoms with Crippen LogP contribution in [0.3, 0.4) is 0 Å². The second kappa shape index (κ2) is 11.7. The molecule has 2 bridgehead atoms. The number of carbonyl (C=O) groups excluding carboxylic acids is 2. The standard InChI is InChI=1S/C31H28Cl2N2O6S3/c1-40-20-9-13(5-7-19(20)41-12-14-4-6-15(32)10-18(14)33)22-23-16-11-17(26(23)43-28-27(22)44-31(42)34-28)25-24(16)29(38)35(30(25)39)8-2-3-21(36)37/h4-7,9-10,16-17,22-26H,2-3,8,11-12H2,1H3,(H,34,42)(H,36,37). The van der Waals surface area contributed by atoms with Crippen LogP contribution in [-0.4, -0.2) is 51.7 Å². The molecule has 4 aliphatic rings. The minimum Gasteiger partial charge on any atom is -0.493 e. The molecule has 1 aromatic heterocycles. The van der Waals surface area contributed by atoms with Gasteiger partial charge in [0.15, 0.2) is 15.5 Å². The summed E-state index contributed by atoms with van der Waals surface area (Å²) >= 11 is 21.3. The number of hydrogen-bond donors (Lipinski definition) is 2. The van der Waals surface area contributed by atoms with E-state index < -0.39 is 5.97 Å². The molecule has 13 heteroatoms. The van der Waals surface area contributed by atoms with Gasteiger partial charge in [0.05, 0.1) is 24.0 Å². The maximum absolute atomic E-state index is 13.7. The Balaban J connectivity index is 1.20. The molecule has 8 nitrogen and oxygen atoms in total. The van der Waals surface area contributed by atoms with Crippen LogP contribution in [0.2, 0.25) is 10.0 Å². The number of nitrogens with zero attached hydrogens (tertiary/aromatic N) is 1. The number of likely N-dealkylation sites (tertiary alicyclic amines) is 1. The summed E-state index contributed by atoms with van der Waals surface area (Å²) in [7, 11) is 1.61. The van der Waals surface area contributed by atoms with Crippen LogP contribution >= 0.6 is 58.5 Å². The van der Waals surface area contributed by atoms with E-state index in [4.69, 9.17) is 50.0 Å². The maximum Gasteiger partial charge on any atom is 0.303 e. The normalized spacial score (nSPS) is 28.2. The van der Waals surface area contributed by atoms with Crippen molar-refractivity contribution < 1.29 is 29.0 Å². The van der Waals surface area contributed by atoms with E-state index in [9.17, 15) is 14.4 Å². The summed E-state index contributed by atoms with van der Waals surface area (Å²) < 4.78 is 12.6. The van der Waals surface area contributed by atoms with Gasteiger partial charge >= 0.3 is 5.97 Å². The Morgan fingerprint density at radius 1 is 1.11 bits per heavy atom. The van der Waals surface area contributed by atoms with Gasteiger partial charge < -0.3 is 19.6 Å². The number of imide groups is 1. The first-order chi connectivity index (χ1) is 21.2. The average Bonchev–Trinajstić information content (AvgIpc) is 3.72. The summed E-state index contributed by atoms with van der Waals surface area (Å²) in [4.78, 5) is 44.1. The van der Waals surface area contributed by atoms with E-state index in [1.165, 1.54) is 4.90 Å². The zero-order valence-corrected chi connectivity index (χ0v) is 27.4. The van der Waals surface area contributed by atoms with Crippen molar-refractivity contribution in [3.05, 3.63) is 66.4 Å². The number of aliphatic carboxylic acids is 1. The molecule has 2 aliphatic carbocycles. The molecule has 3 fully saturated rings. The Labute approximate surface area is 277 Å². The first-order valence-electron chi connectivity index (χ1n) is 14.4. The first-order valence-corrected chi connectivity index (χ1v) is 17.2. The van der Waals surface area contributed by atoms with Crippen molar-refractivity contribution in [1.29, 1.82) is 0 Å². The number of rotatable bonds is 9. The van der Waals surface area contributed by atoms with Crippen molar-refractivity contribution in [2.75, 3.05) is 13.7 Å². The van der Waals surface area contributed by atoms with Crippen molar-refractivity contribution in [2.45, 2.75) is 42.1 Å². The van der Waals surface area contributed by atoms with Gasteiger partial charge in [-0.2, -0.15) is 0 Å². The molecule has 2 amide bonds. The van der Waals surface area contributed by atoms with Gasteiger partial charge in [-0.05, 0) is 72.6 Å². The summed E-state index contributed by atoms with van der Waals surface area (Å²) in [5.74, 6) is -0.590. The molecule has 0 radical (unpaired) electrons. The highest BCUT2D eigenvalue weighted by Crippen LogP contribution is 2.69. The smallest absolute Gasteiger partial charge is 0.303 e. The number of hydrogen-bond acceptors (Lipinski definition) is 8. The zero-order valence-electron chi connectivity index (χ0n) is 23.5. The Kier molecular flexibility index (Phi) is 7.98. The summed E-state index contributed by atoms with van der Waals surface area (Å²) in [6.45, 7) is 0.397. The molecule has 2 N–H and O–H groups in total. The third kappa shape index (κ3) is 4.95. The van der Waals surface area contributed by atoms with E-state index in [2.05, 4.69) is 11.1 Å². The molecular weight excluding hydrogens is 663 g/mol. The van der Waals surface area contributed by atoms with Crippen molar-refractivity contribution in [3.8, 4) is 11.5 Å². The highest BCUT2D eigenvalue weighted by Gasteiger charge is 2.69. The van der Waals surface area contributed by atoms with E-state index in [1.807, 2.05) is 18.2 Å². The Morgan fingerprint density at radius 2 is 1.89 bits per heavy atom. The molecule has 7 unspecified atom stereocenters. The number of carbonyl (C=O) groups is 3. The summed E-state index contributed by atoms with van der Waals surface area (Å²) in [6, 6.07) is 11.2. The molecule has 3 heterocycles. The van der Waals surface area contributed by atoms with Crippen LogP contribution in [0.4, 0.5) is 0 Å². The second-order valence-electron chi connectivity index (χ2n) is 11.7. The average molecular weight is 692 g/mol. The van der Waals surface area contributed by atoms with Crippen molar-refractivity contribution >= 4 is 76.3 Å². The molecule has 1 saturated heterocycles. The van der Waals surface area contributed by atoms with E-state index in [0.29, 0.717) is 25.5 Å². The number of halogens is 2. The quantitative estimate of drug-likeness (QED) is 0.182. The van der Waals surface area contributed by atoms with Gasteiger partial charge in [-0.15, -0.1) is 23.1 Å². The fourth-order valence-corrected chi connectivity index (χ4v) is 11.6. The van der Waals surface area contributed by atoms with Gasteiger partial charge in [0, 0.05) is 44.6 Å². The van der Waals surface area contributed by atoms with Crippen LogP contribution < -0.4 is 9.47 Å². The molecule has 230 valence electrons. The van der Waals surface area contributed by atoms with Gasteiger partial charge in [-0.1, -0.05) is 35.3 Å². The second-order valence-corrected chi connectivity index (χ2v) is 15.5. The van der Waals surface area contributed by atoms with Crippen molar-refractivity contribution in [3.63, 3.8) is 0 Å². The number of benzene rings is 2. The number of amides is 2. The third-order valence-corrected chi connectivity index (χ3v) is 13.1. The molecule has 0 spiro atoms.